The molecule has 5 nitrogen and oxygen atoms in total. The normalized spacial score (nSPS) is 10.2. The first-order valence-electron chi connectivity index (χ1n) is 6.74. The summed E-state index contributed by atoms with van der Waals surface area (Å²) < 4.78 is 10.4. The summed E-state index contributed by atoms with van der Waals surface area (Å²) in [5.41, 5.74) is 3.00. The predicted molar refractivity (Wildman–Crippen MR) is 80.6 cm³/mol. The first-order chi connectivity index (χ1) is 10.1. The minimum Gasteiger partial charge on any atom is -0.493 e. The summed E-state index contributed by atoms with van der Waals surface area (Å²) >= 11 is 0. The van der Waals surface area contributed by atoms with Gasteiger partial charge in [0.15, 0.2) is 11.5 Å². The van der Waals surface area contributed by atoms with Crippen molar-refractivity contribution in [2.75, 3.05) is 14.2 Å². The second kappa shape index (κ2) is 6.83. The van der Waals surface area contributed by atoms with Crippen LogP contribution in [0.2, 0.25) is 0 Å². The number of ether oxygens (including phenoxy) is 2. The second-order valence-electron chi connectivity index (χ2n) is 4.83. The minimum atomic E-state index is -0.0104. The molecule has 5 heteroatoms. The van der Waals surface area contributed by atoms with Crippen LogP contribution in [-0.4, -0.2) is 25.1 Å². The molecule has 0 aliphatic heterocycles. The van der Waals surface area contributed by atoms with Crippen LogP contribution < -0.4 is 14.8 Å². The predicted octanol–water partition coefficient (Wildman–Crippen LogP) is 2.20. The Morgan fingerprint density at radius 3 is 2.52 bits per heavy atom. The van der Waals surface area contributed by atoms with Crippen LogP contribution in [0.1, 0.15) is 16.8 Å². The zero-order valence-electron chi connectivity index (χ0n) is 12.5. The van der Waals surface area contributed by atoms with Gasteiger partial charge < -0.3 is 19.8 Å². The van der Waals surface area contributed by atoms with Crippen molar-refractivity contribution in [3.05, 3.63) is 47.3 Å². The van der Waals surface area contributed by atoms with Crippen LogP contribution in [0.15, 0.2) is 30.5 Å². The Morgan fingerprint density at radius 1 is 1.14 bits per heavy atom. The maximum atomic E-state index is 11.9. The van der Waals surface area contributed by atoms with E-state index in [0.29, 0.717) is 24.5 Å². The lowest BCUT2D eigenvalue weighted by molar-refractivity contribution is -0.120. The van der Waals surface area contributed by atoms with Gasteiger partial charge in [0.2, 0.25) is 5.91 Å². The topological polar surface area (TPSA) is 63.3 Å². The summed E-state index contributed by atoms with van der Waals surface area (Å²) in [6, 6.07) is 7.56. The highest BCUT2D eigenvalue weighted by molar-refractivity contribution is 5.78. The van der Waals surface area contributed by atoms with Crippen LogP contribution in [0.25, 0.3) is 0 Å². The second-order valence-corrected chi connectivity index (χ2v) is 4.83. The van der Waals surface area contributed by atoms with E-state index < -0.39 is 0 Å². The molecule has 0 saturated heterocycles. The molecule has 0 spiro atoms. The zero-order valence-corrected chi connectivity index (χ0v) is 12.5. The van der Waals surface area contributed by atoms with Gasteiger partial charge in [-0.05, 0) is 36.2 Å². The molecule has 1 heterocycles. The molecule has 0 aliphatic rings. The quantitative estimate of drug-likeness (QED) is 0.856. The number of amides is 1. The molecule has 2 rings (SSSR count). The van der Waals surface area contributed by atoms with Crippen LogP contribution in [0.5, 0.6) is 11.5 Å². The molecule has 21 heavy (non-hydrogen) atoms. The SMILES string of the molecule is COc1ccc(CNC(=O)Cc2c[nH]c(C)c2)cc1OC. The largest absolute Gasteiger partial charge is 0.493 e. The smallest absolute Gasteiger partial charge is 0.224 e. The van der Waals surface area contributed by atoms with E-state index in [4.69, 9.17) is 9.47 Å². The fraction of sp³-hybridized carbons (Fsp3) is 0.312. The summed E-state index contributed by atoms with van der Waals surface area (Å²) in [6.45, 7) is 2.42. The third-order valence-corrected chi connectivity index (χ3v) is 3.19. The molecular formula is C16H20N2O3. The van der Waals surface area contributed by atoms with Crippen molar-refractivity contribution < 1.29 is 14.3 Å². The molecule has 0 atom stereocenters. The molecule has 0 aliphatic carbocycles. The first-order valence-corrected chi connectivity index (χ1v) is 6.74. The number of H-pyrrole nitrogens is 1. The number of nitrogens with one attached hydrogen (secondary N) is 2. The van der Waals surface area contributed by atoms with E-state index in [2.05, 4.69) is 10.3 Å². The van der Waals surface area contributed by atoms with E-state index in [1.54, 1.807) is 14.2 Å². The average Bonchev–Trinajstić information content (AvgIpc) is 2.89. The highest BCUT2D eigenvalue weighted by Gasteiger charge is 2.07. The van der Waals surface area contributed by atoms with Gasteiger partial charge >= 0.3 is 0 Å². The van der Waals surface area contributed by atoms with E-state index in [1.807, 2.05) is 37.4 Å². The molecule has 1 aromatic heterocycles. The van der Waals surface area contributed by atoms with Crippen LogP contribution >= 0.6 is 0 Å². The highest BCUT2D eigenvalue weighted by atomic mass is 16.5. The molecule has 0 saturated carbocycles. The van der Waals surface area contributed by atoms with E-state index in [-0.39, 0.29) is 5.91 Å². The number of rotatable bonds is 6. The Balaban J connectivity index is 1.91. The molecule has 2 N–H and O–H groups in total. The fourth-order valence-corrected chi connectivity index (χ4v) is 2.11. The molecule has 0 bridgehead atoms. The summed E-state index contributed by atoms with van der Waals surface area (Å²) in [5, 5.41) is 2.90. The first kappa shape index (κ1) is 15.0. The van der Waals surface area contributed by atoms with Gasteiger partial charge in [0.25, 0.3) is 0 Å². The van der Waals surface area contributed by atoms with Crippen LogP contribution in [0, 0.1) is 6.92 Å². The summed E-state index contributed by atoms with van der Waals surface area (Å²) in [6.07, 6.45) is 2.23. The number of aromatic amines is 1. The Bertz CT molecular complexity index is 620. The number of aromatic nitrogens is 1. The van der Waals surface area contributed by atoms with E-state index >= 15 is 0 Å². The minimum absolute atomic E-state index is 0.0104. The van der Waals surface area contributed by atoms with Gasteiger partial charge in [0.1, 0.15) is 0 Å². The summed E-state index contributed by atoms with van der Waals surface area (Å²) in [4.78, 5) is 15.0. The summed E-state index contributed by atoms with van der Waals surface area (Å²) in [7, 11) is 3.19. The van der Waals surface area contributed by atoms with E-state index in [1.165, 1.54) is 0 Å². The molecule has 0 radical (unpaired) electrons. The van der Waals surface area contributed by atoms with E-state index in [0.717, 1.165) is 16.8 Å². The molecule has 112 valence electrons. The van der Waals surface area contributed by atoms with Gasteiger partial charge in [0.05, 0.1) is 20.6 Å². The third-order valence-electron chi connectivity index (χ3n) is 3.19. The Morgan fingerprint density at radius 2 is 1.90 bits per heavy atom. The molecule has 2 aromatic rings. The molecule has 0 unspecified atom stereocenters. The van der Waals surface area contributed by atoms with E-state index in [9.17, 15) is 4.79 Å². The molecule has 1 amide bonds. The molecule has 0 fully saturated rings. The van der Waals surface area contributed by atoms with Crippen LogP contribution in [0.3, 0.4) is 0 Å². The van der Waals surface area contributed by atoms with Crippen LogP contribution in [0.4, 0.5) is 0 Å². The van der Waals surface area contributed by atoms with Crippen molar-refractivity contribution in [1.29, 1.82) is 0 Å². The van der Waals surface area contributed by atoms with Gasteiger partial charge in [-0.15, -0.1) is 0 Å². The maximum absolute atomic E-state index is 11.9. The van der Waals surface area contributed by atoms with Crippen LogP contribution in [-0.2, 0) is 17.8 Å². The number of carbonyl (C=O) groups excluding carboxylic acids is 1. The number of hydrogen-bond donors (Lipinski definition) is 2. The summed E-state index contributed by atoms with van der Waals surface area (Å²) in [5.74, 6) is 1.32. The standard InChI is InChI=1S/C16H20N2O3/c1-11-6-13(10-17-11)8-16(19)18-9-12-4-5-14(20-2)15(7-12)21-3/h4-7,10,17H,8-9H2,1-3H3,(H,18,19). The van der Waals surface area contributed by atoms with Crippen molar-refractivity contribution >= 4 is 5.91 Å². The zero-order chi connectivity index (χ0) is 15.2. The van der Waals surface area contributed by atoms with Crippen molar-refractivity contribution in [3.8, 4) is 11.5 Å². The Hall–Kier alpha value is -2.43. The molecule has 1 aromatic carbocycles. The number of hydrogen-bond acceptors (Lipinski definition) is 3. The number of aryl methyl sites for hydroxylation is 1. The maximum Gasteiger partial charge on any atom is 0.224 e. The number of carbonyl (C=O) groups is 1. The average molecular weight is 288 g/mol. The van der Waals surface area contributed by atoms with Crippen molar-refractivity contribution in [3.63, 3.8) is 0 Å². The van der Waals surface area contributed by atoms with Gasteiger partial charge in [-0.25, -0.2) is 0 Å². The van der Waals surface area contributed by atoms with Crippen molar-refractivity contribution in [2.45, 2.75) is 19.9 Å². The van der Waals surface area contributed by atoms with Gasteiger partial charge in [-0.2, -0.15) is 0 Å². The Kier molecular flexibility index (Phi) is 4.87. The van der Waals surface area contributed by atoms with Gasteiger partial charge in [-0.3, -0.25) is 4.79 Å². The van der Waals surface area contributed by atoms with Gasteiger partial charge in [0, 0.05) is 18.4 Å². The Labute approximate surface area is 124 Å². The lowest BCUT2D eigenvalue weighted by Gasteiger charge is -2.10. The van der Waals surface area contributed by atoms with Crippen molar-refractivity contribution in [1.82, 2.24) is 10.3 Å². The highest BCUT2D eigenvalue weighted by Crippen LogP contribution is 2.27. The lowest BCUT2D eigenvalue weighted by Crippen LogP contribution is -2.24. The molecular weight excluding hydrogens is 268 g/mol. The fourth-order valence-electron chi connectivity index (χ4n) is 2.11. The lowest BCUT2D eigenvalue weighted by atomic mass is 10.2. The third kappa shape index (κ3) is 4.02. The monoisotopic (exact) mass is 288 g/mol. The van der Waals surface area contributed by atoms with Crippen molar-refractivity contribution in [2.24, 2.45) is 0 Å². The number of benzene rings is 1. The number of methoxy groups -OCH3 is 2. The van der Waals surface area contributed by atoms with Gasteiger partial charge in [-0.1, -0.05) is 6.07 Å².